The van der Waals surface area contributed by atoms with E-state index < -0.39 is 0 Å². The molecule has 100 valence electrons. The van der Waals surface area contributed by atoms with Gasteiger partial charge in [-0.2, -0.15) is 0 Å². The number of phenols is 1. The number of hydrogen-bond donors (Lipinski definition) is 2. The van der Waals surface area contributed by atoms with Crippen LogP contribution in [0.2, 0.25) is 10.0 Å². The largest absolute Gasteiger partial charge is 0.504 e. The van der Waals surface area contributed by atoms with E-state index in [2.05, 4.69) is 5.32 Å². The summed E-state index contributed by atoms with van der Waals surface area (Å²) in [5.74, 6) is 0.559. The van der Waals surface area contributed by atoms with Crippen molar-refractivity contribution < 1.29 is 9.84 Å². The van der Waals surface area contributed by atoms with Crippen LogP contribution in [0.4, 0.5) is 5.69 Å². The summed E-state index contributed by atoms with van der Waals surface area (Å²) < 4.78 is 4.99. The maximum Gasteiger partial charge on any atom is 0.160 e. The first kappa shape index (κ1) is 13.8. The molecule has 0 heterocycles. The van der Waals surface area contributed by atoms with Crippen LogP contribution < -0.4 is 10.1 Å². The Hall–Kier alpha value is -1.58. The van der Waals surface area contributed by atoms with Gasteiger partial charge in [0.05, 0.1) is 17.8 Å². The summed E-state index contributed by atoms with van der Waals surface area (Å²) in [4.78, 5) is 0. The maximum atomic E-state index is 9.69. The van der Waals surface area contributed by atoms with Gasteiger partial charge in [0, 0.05) is 11.6 Å². The lowest BCUT2D eigenvalue weighted by molar-refractivity contribution is 0.373. The Morgan fingerprint density at radius 3 is 2.63 bits per heavy atom. The molecule has 0 aliphatic rings. The molecular formula is C14H13Cl2NO2. The molecule has 2 rings (SSSR count). The quantitative estimate of drug-likeness (QED) is 0.883. The smallest absolute Gasteiger partial charge is 0.160 e. The van der Waals surface area contributed by atoms with Crippen LogP contribution in [-0.4, -0.2) is 12.2 Å². The average molecular weight is 298 g/mol. The Morgan fingerprint density at radius 1 is 1.16 bits per heavy atom. The molecule has 5 heteroatoms. The van der Waals surface area contributed by atoms with Gasteiger partial charge in [-0.3, -0.25) is 0 Å². The van der Waals surface area contributed by atoms with Gasteiger partial charge in [-0.25, -0.2) is 0 Å². The Labute approximate surface area is 121 Å². The third-order valence-corrected chi connectivity index (χ3v) is 3.22. The summed E-state index contributed by atoms with van der Waals surface area (Å²) in [5, 5.41) is 14.1. The molecule has 0 spiro atoms. The van der Waals surface area contributed by atoms with Crippen LogP contribution in [0.5, 0.6) is 11.5 Å². The lowest BCUT2D eigenvalue weighted by atomic mass is 10.2. The summed E-state index contributed by atoms with van der Waals surface area (Å²) >= 11 is 12.0. The van der Waals surface area contributed by atoms with E-state index in [0.717, 1.165) is 11.3 Å². The second kappa shape index (κ2) is 6.04. The van der Waals surface area contributed by atoms with Gasteiger partial charge in [-0.1, -0.05) is 29.3 Å². The molecule has 0 saturated carbocycles. The molecule has 3 nitrogen and oxygen atoms in total. The van der Waals surface area contributed by atoms with E-state index in [0.29, 0.717) is 22.3 Å². The van der Waals surface area contributed by atoms with Crippen molar-refractivity contribution in [1.29, 1.82) is 0 Å². The molecule has 2 aromatic rings. The molecule has 0 fully saturated rings. The van der Waals surface area contributed by atoms with Crippen LogP contribution in [0.3, 0.4) is 0 Å². The number of ether oxygens (including phenoxy) is 1. The number of nitrogens with one attached hydrogen (secondary N) is 1. The second-order valence-corrected chi connectivity index (χ2v) is 4.83. The van der Waals surface area contributed by atoms with Crippen LogP contribution in [0, 0.1) is 0 Å². The van der Waals surface area contributed by atoms with Crippen LogP contribution in [0.1, 0.15) is 5.56 Å². The minimum atomic E-state index is 0.110. The normalized spacial score (nSPS) is 10.3. The lowest BCUT2D eigenvalue weighted by Gasteiger charge is -2.10. The Morgan fingerprint density at radius 2 is 1.95 bits per heavy atom. The van der Waals surface area contributed by atoms with Crippen LogP contribution in [0.15, 0.2) is 36.4 Å². The van der Waals surface area contributed by atoms with E-state index in [1.165, 1.54) is 7.11 Å². The van der Waals surface area contributed by atoms with Gasteiger partial charge < -0.3 is 15.2 Å². The molecule has 0 aromatic heterocycles. The van der Waals surface area contributed by atoms with E-state index in [4.69, 9.17) is 27.9 Å². The first-order valence-corrected chi connectivity index (χ1v) is 6.40. The molecular weight excluding hydrogens is 285 g/mol. The topological polar surface area (TPSA) is 41.5 Å². The fourth-order valence-electron chi connectivity index (χ4n) is 1.68. The second-order valence-electron chi connectivity index (χ2n) is 3.98. The number of rotatable bonds is 4. The molecule has 0 radical (unpaired) electrons. The highest BCUT2D eigenvalue weighted by Gasteiger charge is 2.04. The van der Waals surface area contributed by atoms with E-state index in [9.17, 15) is 5.11 Å². The van der Waals surface area contributed by atoms with Gasteiger partial charge in [0.15, 0.2) is 11.5 Å². The van der Waals surface area contributed by atoms with Gasteiger partial charge in [-0.15, -0.1) is 0 Å². The monoisotopic (exact) mass is 297 g/mol. The van der Waals surface area contributed by atoms with E-state index >= 15 is 0 Å². The van der Waals surface area contributed by atoms with Gasteiger partial charge in [-0.05, 0) is 35.9 Å². The SMILES string of the molecule is COc1ccc(CNc2cc(Cl)ccc2Cl)cc1O. The van der Waals surface area contributed by atoms with Crippen molar-refractivity contribution in [3.8, 4) is 11.5 Å². The zero-order valence-electron chi connectivity index (χ0n) is 10.3. The molecule has 0 unspecified atom stereocenters. The first-order chi connectivity index (χ1) is 9.10. The van der Waals surface area contributed by atoms with Crippen LogP contribution in [0.25, 0.3) is 0 Å². The zero-order valence-corrected chi connectivity index (χ0v) is 11.8. The third-order valence-electron chi connectivity index (χ3n) is 2.65. The molecule has 2 aromatic carbocycles. The van der Waals surface area contributed by atoms with E-state index in [1.807, 2.05) is 6.07 Å². The van der Waals surface area contributed by atoms with Gasteiger partial charge in [0.1, 0.15) is 0 Å². The summed E-state index contributed by atoms with van der Waals surface area (Å²) in [5.41, 5.74) is 1.67. The highest BCUT2D eigenvalue weighted by atomic mass is 35.5. The minimum absolute atomic E-state index is 0.110. The van der Waals surface area contributed by atoms with Crippen molar-refractivity contribution >= 4 is 28.9 Å². The fraction of sp³-hybridized carbons (Fsp3) is 0.143. The predicted octanol–water partition coefficient (Wildman–Crippen LogP) is 4.32. The molecule has 0 bridgehead atoms. The highest BCUT2D eigenvalue weighted by Crippen LogP contribution is 2.28. The number of halogens is 2. The molecule has 0 aliphatic heterocycles. The maximum absolute atomic E-state index is 9.69. The van der Waals surface area contributed by atoms with E-state index in [1.54, 1.807) is 30.3 Å². The molecule has 19 heavy (non-hydrogen) atoms. The number of aromatic hydroxyl groups is 1. The average Bonchev–Trinajstić information content (AvgIpc) is 2.40. The molecule has 0 saturated heterocycles. The molecule has 0 amide bonds. The molecule has 0 aliphatic carbocycles. The van der Waals surface area contributed by atoms with Crippen molar-refractivity contribution in [2.24, 2.45) is 0 Å². The molecule has 0 atom stereocenters. The summed E-state index contributed by atoms with van der Waals surface area (Å²) in [6.07, 6.45) is 0. The van der Waals surface area contributed by atoms with Crippen LogP contribution in [-0.2, 0) is 6.54 Å². The number of anilines is 1. The number of methoxy groups -OCH3 is 1. The van der Waals surface area contributed by atoms with Crippen molar-refractivity contribution in [2.45, 2.75) is 6.54 Å². The predicted molar refractivity (Wildman–Crippen MR) is 78.4 cm³/mol. The summed E-state index contributed by atoms with van der Waals surface area (Å²) in [7, 11) is 1.51. The fourth-order valence-corrected chi connectivity index (χ4v) is 2.03. The third kappa shape index (κ3) is 3.46. The van der Waals surface area contributed by atoms with Gasteiger partial charge >= 0.3 is 0 Å². The minimum Gasteiger partial charge on any atom is -0.504 e. The highest BCUT2D eigenvalue weighted by molar-refractivity contribution is 6.35. The summed E-state index contributed by atoms with van der Waals surface area (Å²) in [6.45, 7) is 0.525. The lowest BCUT2D eigenvalue weighted by Crippen LogP contribution is -2.00. The van der Waals surface area contributed by atoms with Gasteiger partial charge in [0.2, 0.25) is 0 Å². The standard InChI is InChI=1S/C14H13Cl2NO2/c1-19-14-5-2-9(6-13(14)18)8-17-12-7-10(15)3-4-11(12)16/h2-7,17-18H,8H2,1H3. The van der Waals surface area contributed by atoms with Crippen LogP contribution >= 0.6 is 23.2 Å². The first-order valence-electron chi connectivity index (χ1n) is 5.65. The number of hydrogen-bond acceptors (Lipinski definition) is 3. The zero-order chi connectivity index (χ0) is 13.8. The molecule has 2 N–H and O–H groups in total. The Balaban J connectivity index is 2.10. The number of phenolic OH excluding ortho intramolecular Hbond substituents is 1. The van der Waals surface area contributed by atoms with Crippen molar-refractivity contribution in [1.82, 2.24) is 0 Å². The number of benzene rings is 2. The van der Waals surface area contributed by atoms with Crippen molar-refractivity contribution in [2.75, 3.05) is 12.4 Å². The Bertz CT molecular complexity index is 588. The Kier molecular flexibility index (Phi) is 4.40. The van der Waals surface area contributed by atoms with E-state index in [-0.39, 0.29) is 5.75 Å². The van der Waals surface area contributed by atoms with Gasteiger partial charge in [0.25, 0.3) is 0 Å². The summed E-state index contributed by atoms with van der Waals surface area (Å²) in [6, 6.07) is 10.4. The van der Waals surface area contributed by atoms with Crippen molar-refractivity contribution in [3.63, 3.8) is 0 Å². The van der Waals surface area contributed by atoms with Crippen molar-refractivity contribution in [3.05, 3.63) is 52.0 Å².